The molecule has 0 radical (unpaired) electrons. The van der Waals surface area contributed by atoms with Crippen molar-refractivity contribution < 1.29 is 4.79 Å². The molecule has 0 fully saturated rings. The molecule has 0 aliphatic rings. The molecule has 88 valence electrons. The molecule has 1 heterocycles. The molecule has 0 aliphatic heterocycles. The minimum absolute atomic E-state index is 0.0747. The summed E-state index contributed by atoms with van der Waals surface area (Å²) in [6, 6.07) is 0. The Morgan fingerprint density at radius 3 is 2.69 bits per heavy atom. The van der Waals surface area contributed by atoms with Crippen LogP contribution in [-0.2, 0) is 4.79 Å². The standard InChI is InChI=1S/C10H15ClN4O/c1-4-12-8(16)5-13-10-6(2)9(11)14-7(3)15-10/h4-5H2,1-3H3,(H,12,16)(H,13,14,15). The lowest BCUT2D eigenvalue weighted by atomic mass is 10.3. The van der Waals surface area contributed by atoms with Gasteiger partial charge in [-0.1, -0.05) is 11.6 Å². The zero-order valence-electron chi connectivity index (χ0n) is 9.59. The maximum Gasteiger partial charge on any atom is 0.239 e. The number of aryl methyl sites for hydroxylation is 1. The number of aromatic nitrogens is 2. The van der Waals surface area contributed by atoms with Gasteiger partial charge in [0.1, 0.15) is 16.8 Å². The molecule has 0 bridgehead atoms. The largest absolute Gasteiger partial charge is 0.361 e. The van der Waals surface area contributed by atoms with E-state index in [1.807, 2.05) is 13.8 Å². The van der Waals surface area contributed by atoms with Gasteiger partial charge in [-0.3, -0.25) is 4.79 Å². The fourth-order valence-electron chi connectivity index (χ4n) is 1.19. The van der Waals surface area contributed by atoms with Crippen molar-refractivity contribution in [2.75, 3.05) is 18.4 Å². The monoisotopic (exact) mass is 242 g/mol. The van der Waals surface area contributed by atoms with Gasteiger partial charge in [0.2, 0.25) is 5.91 Å². The highest BCUT2D eigenvalue weighted by Gasteiger charge is 2.08. The minimum Gasteiger partial charge on any atom is -0.361 e. The van der Waals surface area contributed by atoms with Crippen LogP contribution < -0.4 is 10.6 Å². The second-order valence-corrected chi connectivity index (χ2v) is 3.70. The zero-order valence-corrected chi connectivity index (χ0v) is 10.4. The molecule has 0 aromatic carbocycles. The van der Waals surface area contributed by atoms with Gasteiger partial charge >= 0.3 is 0 Å². The van der Waals surface area contributed by atoms with Crippen LogP contribution >= 0.6 is 11.6 Å². The molecule has 0 unspecified atom stereocenters. The first-order chi connectivity index (χ1) is 7.54. The van der Waals surface area contributed by atoms with Crippen LogP contribution in [0.2, 0.25) is 5.15 Å². The average molecular weight is 243 g/mol. The van der Waals surface area contributed by atoms with Gasteiger partial charge in [-0.2, -0.15) is 0 Å². The van der Waals surface area contributed by atoms with Crippen LogP contribution in [0.3, 0.4) is 0 Å². The summed E-state index contributed by atoms with van der Waals surface area (Å²) in [7, 11) is 0. The molecule has 0 spiro atoms. The van der Waals surface area contributed by atoms with Crippen molar-refractivity contribution in [3.63, 3.8) is 0 Å². The molecule has 1 aromatic heterocycles. The topological polar surface area (TPSA) is 66.9 Å². The van der Waals surface area contributed by atoms with E-state index in [1.165, 1.54) is 0 Å². The molecule has 0 saturated carbocycles. The van der Waals surface area contributed by atoms with E-state index < -0.39 is 0 Å². The highest BCUT2D eigenvalue weighted by atomic mass is 35.5. The van der Waals surface area contributed by atoms with Crippen LogP contribution in [0.15, 0.2) is 0 Å². The van der Waals surface area contributed by atoms with Gasteiger partial charge in [0.15, 0.2) is 0 Å². The van der Waals surface area contributed by atoms with Crippen molar-refractivity contribution in [1.82, 2.24) is 15.3 Å². The number of nitrogens with zero attached hydrogens (tertiary/aromatic N) is 2. The zero-order chi connectivity index (χ0) is 12.1. The van der Waals surface area contributed by atoms with Gasteiger partial charge in [-0.25, -0.2) is 9.97 Å². The Morgan fingerprint density at radius 1 is 1.38 bits per heavy atom. The van der Waals surface area contributed by atoms with E-state index in [0.717, 1.165) is 5.56 Å². The fraction of sp³-hybridized carbons (Fsp3) is 0.500. The van der Waals surface area contributed by atoms with Crippen LogP contribution in [0, 0.1) is 13.8 Å². The van der Waals surface area contributed by atoms with Crippen molar-refractivity contribution in [3.8, 4) is 0 Å². The normalized spacial score (nSPS) is 10.0. The summed E-state index contributed by atoms with van der Waals surface area (Å²) in [5.74, 6) is 1.10. The molecule has 6 heteroatoms. The molecule has 16 heavy (non-hydrogen) atoms. The van der Waals surface area contributed by atoms with Crippen molar-refractivity contribution in [2.24, 2.45) is 0 Å². The molecule has 0 aliphatic carbocycles. The Kier molecular flexibility index (Phi) is 4.49. The molecular weight excluding hydrogens is 228 g/mol. The quantitative estimate of drug-likeness (QED) is 0.781. The lowest BCUT2D eigenvalue weighted by Crippen LogP contribution is -2.29. The average Bonchev–Trinajstić information content (AvgIpc) is 2.21. The van der Waals surface area contributed by atoms with Gasteiger partial charge in [0.05, 0.1) is 6.54 Å². The summed E-state index contributed by atoms with van der Waals surface area (Å²) in [5, 5.41) is 6.03. The number of anilines is 1. The Hall–Kier alpha value is -1.36. The molecule has 2 N–H and O–H groups in total. The van der Waals surface area contributed by atoms with Crippen molar-refractivity contribution >= 4 is 23.3 Å². The number of rotatable bonds is 4. The lowest BCUT2D eigenvalue weighted by Gasteiger charge is -2.09. The van der Waals surface area contributed by atoms with Gasteiger partial charge in [-0.15, -0.1) is 0 Å². The molecule has 0 saturated heterocycles. The Bertz CT molecular complexity index is 395. The number of likely N-dealkylation sites (N-methyl/N-ethyl adjacent to an activating group) is 1. The van der Waals surface area contributed by atoms with E-state index in [9.17, 15) is 4.79 Å². The lowest BCUT2D eigenvalue weighted by molar-refractivity contribution is -0.119. The predicted octanol–water partition coefficient (Wildman–Crippen LogP) is 1.29. The predicted molar refractivity (Wildman–Crippen MR) is 63.7 cm³/mol. The van der Waals surface area contributed by atoms with Crippen LogP contribution in [0.1, 0.15) is 18.3 Å². The number of carbonyl (C=O) groups excluding carboxylic acids is 1. The van der Waals surface area contributed by atoms with E-state index in [-0.39, 0.29) is 12.5 Å². The van der Waals surface area contributed by atoms with E-state index in [2.05, 4.69) is 20.6 Å². The summed E-state index contributed by atoms with van der Waals surface area (Å²) in [6.45, 7) is 6.23. The third kappa shape index (κ3) is 3.34. The third-order valence-corrected chi connectivity index (χ3v) is 2.36. The number of hydrogen-bond acceptors (Lipinski definition) is 4. The van der Waals surface area contributed by atoms with E-state index in [4.69, 9.17) is 11.6 Å². The minimum atomic E-state index is -0.0747. The summed E-state index contributed by atoms with van der Waals surface area (Å²) >= 11 is 5.90. The number of nitrogens with one attached hydrogen (secondary N) is 2. The molecule has 5 nitrogen and oxygen atoms in total. The molecule has 1 aromatic rings. The Morgan fingerprint density at radius 2 is 2.06 bits per heavy atom. The van der Waals surface area contributed by atoms with Gasteiger partial charge in [0.25, 0.3) is 0 Å². The van der Waals surface area contributed by atoms with Gasteiger partial charge in [-0.05, 0) is 20.8 Å². The summed E-state index contributed by atoms with van der Waals surface area (Å²) < 4.78 is 0. The first kappa shape index (κ1) is 12.7. The van der Waals surface area contributed by atoms with E-state index in [1.54, 1.807) is 6.92 Å². The number of carbonyl (C=O) groups is 1. The van der Waals surface area contributed by atoms with Crippen molar-refractivity contribution in [3.05, 3.63) is 16.5 Å². The Labute approximate surface area is 99.6 Å². The van der Waals surface area contributed by atoms with Crippen molar-refractivity contribution in [2.45, 2.75) is 20.8 Å². The van der Waals surface area contributed by atoms with Crippen LogP contribution in [-0.4, -0.2) is 29.0 Å². The third-order valence-electron chi connectivity index (χ3n) is 1.99. The maximum absolute atomic E-state index is 11.2. The number of halogens is 1. The maximum atomic E-state index is 11.2. The van der Waals surface area contributed by atoms with Crippen LogP contribution in [0.4, 0.5) is 5.82 Å². The summed E-state index contributed by atoms with van der Waals surface area (Å²) in [6.07, 6.45) is 0. The van der Waals surface area contributed by atoms with E-state index >= 15 is 0 Å². The second kappa shape index (κ2) is 5.65. The molecule has 1 amide bonds. The first-order valence-electron chi connectivity index (χ1n) is 5.06. The summed E-state index contributed by atoms with van der Waals surface area (Å²) in [4.78, 5) is 19.4. The molecule has 0 atom stereocenters. The fourth-order valence-corrected chi connectivity index (χ4v) is 1.40. The van der Waals surface area contributed by atoms with Gasteiger partial charge in [0, 0.05) is 12.1 Å². The summed E-state index contributed by atoms with van der Waals surface area (Å²) in [5.41, 5.74) is 0.747. The number of hydrogen-bond donors (Lipinski definition) is 2. The Balaban J connectivity index is 2.70. The first-order valence-corrected chi connectivity index (χ1v) is 5.43. The number of amides is 1. The SMILES string of the molecule is CCNC(=O)CNc1nc(C)nc(Cl)c1C. The highest BCUT2D eigenvalue weighted by Crippen LogP contribution is 2.18. The van der Waals surface area contributed by atoms with Crippen molar-refractivity contribution in [1.29, 1.82) is 0 Å². The van der Waals surface area contributed by atoms with Crippen LogP contribution in [0.5, 0.6) is 0 Å². The second-order valence-electron chi connectivity index (χ2n) is 3.34. The van der Waals surface area contributed by atoms with Crippen LogP contribution in [0.25, 0.3) is 0 Å². The smallest absolute Gasteiger partial charge is 0.239 e. The molecule has 1 rings (SSSR count). The van der Waals surface area contributed by atoms with E-state index in [0.29, 0.717) is 23.3 Å². The highest BCUT2D eigenvalue weighted by molar-refractivity contribution is 6.30. The van der Waals surface area contributed by atoms with Gasteiger partial charge < -0.3 is 10.6 Å². The molecular formula is C10H15ClN4O.